The van der Waals surface area contributed by atoms with Crippen LogP contribution in [0.3, 0.4) is 0 Å². The Bertz CT molecular complexity index is 529. The van der Waals surface area contributed by atoms with Crippen LogP contribution >= 0.6 is 11.3 Å². The molecular weight excluding hydrogens is 290 g/mol. The van der Waals surface area contributed by atoms with Crippen molar-refractivity contribution in [2.75, 3.05) is 44.0 Å². The minimum Gasteiger partial charge on any atom is -0.382 e. The Morgan fingerprint density at radius 2 is 2.33 bits per heavy atom. The summed E-state index contributed by atoms with van der Waals surface area (Å²) in [7, 11) is 1.80. The van der Waals surface area contributed by atoms with Gasteiger partial charge in [-0.2, -0.15) is 0 Å². The summed E-state index contributed by atoms with van der Waals surface area (Å²) in [5, 5.41) is 0.792. The maximum atomic E-state index is 12.6. The first-order chi connectivity index (χ1) is 10.1. The maximum absolute atomic E-state index is 12.6. The highest BCUT2D eigenvalue weighted by atomic mass is 32.1. The molecule has 8 heteroatoms. The Hall–Kier alpha value is -1.38. The van der Waals surface area contributed by atoms with Gasteiger partial charge in [0.05, 0.1) is 12.6 Å². The molecule has 0 aromatic carbocycles. The van der Waals surface area contributed by atoms with Crippen LogP contribution in [0.5, 0.6) is 0 Å². The van der Waals surface area contributed by atoms with Crippen LogP contribution in [0.1, 0.15) is 22.5 Å². The summed E-state index contributed by atoms with van der Waals surface area (Å²) in [5.41, 5.74) is 11.9. The SMILES string of the molecule is CN(C(=O)c1sc(N2CCC(N)C2)nc1N)C1CCOC1. The second kappa shape index (κ2) is 5.78. The van der Waals surface area contributed by atoms with Crippen LogP contribution in [0, 0.1) is 0 Å². The molecule has 2 atom stereocenters. The second-order valence-electron chi connectivity index (χ2n) is 5.64. The van der Waals surface area contributed by atoms with Gasteiger partial charge in [0.25, 0.3) is 5.91 Å². The Balaban J connectivity index is 1.75. The van der Waals surface area contributed by atoms with Crippen molar-refractivity contribution >= 4 is 28.2 Å². The molecule has 21 heavy (non-hydrogen) atoms. The first-order valence-electron chi connectivity index (χ1n) is 7.18. The van der Waals surface area contributed by atoms with Crippen LogP contribution in [-0.2, 0) is 4.74 Å². The van der Waals surface area contributed by atoms with Gasteiger partial charge >= 0.3 is 0 Å². The Morgan fingerprint density at radius 1 is 1.52 bits per heavy atom. The number of nitrogen functional groups attached to an aromatic ring is 1. The minimum absolute atomic E-state index is 0.0738. The lowest BCUT2D eigenvalue weighted by Crippen LogP contribution is -2.37. The molecule has 116 valence electrons. The third-order valence-corrected chi connectivity index (χ3v) is 5.23. The number of nitrogens with two attached hydrogens (primary N) is 2. The molecule has 3 rings (SSSR count). The van der Waals surface area contributed by atoms with Gasteiger partial charge in [0.2, 0.25) is 0 Å². The number of hydrogen-bond donors (Lipinski definition) is 2. The van der Waals surface area contributed by atoms with Crippen LogP contribution in [0.2, 0.25) is 0 Å². The average molecular weight is 311 g/mol. The van der Waals surface area contributed by atoms with Crippen LogP contribution in [0.4, 0.5) is 10.9 Å². The summed E-state index contributed by atoms with van der Waals surface area (Å²) >= 11 is 1.36. The highest BCUT2D eigenvalue weighted by Crippen LogP contribution is 2.31. The standard InChI is InChI=1S/C13H21N5O2S/c1-17(9-3-5-20-7-9)12(19)10-11(15)16-13(21-10)18-4-2-8(14)6-18/h8-9H,2-7,14-15H2,1H3. The molecule has 0 bridgehead atoms. The van der Waals surface area contributed by atoms with Gasteiger partial charge in [0.15, 0.2) is 5.13 Å². The third kappa shape index (κ3) is 2.83. The number of nitrogens with zero attached hydrogens (tertiary/aromatic N) is 3. The number of rotatable bonds is 3. The van der Waals surface area contributed by atoms with E-state index in [4.69, 9.17) is 16.2 Å². The van der Waals surface area contributed by atoms with Crippen molar-refractivity contribution in [3.8, 4) is 0 Å². The number of hydrogen-bond acceptors (Lipinski definition) is 7. The number of likely N-dealkylation sites (N-methyl/N-ethyl adjacent to an activating group) is 1. The number of thiazole rings is 1. The summed E-state index contributed by atoms with van der Waals surface area (Å²) < 4.78 is 5.33. The topological polar surface area (TPSA) is 97.7 Å². The first kappa shape index (κ1) is 14.6. The van der Waals surface area contributed by atoms with Crippen LogP contribution in [-0.4, -0.2) is 61.2 Å². The van der Waals surface area contributed by atoms with Gasteiger partial charge in [-0.15, -0.1) is 0 Å². The van der Waals surface area contributed by atoms with E-state index < -0.39 is 0 Å². The predicted octanol–water partition coefficient (Wildman–Crippen LogP) is 0.124. The van der Waals surface area contributed by atoms with E-state index in [-0.39, 0.29) is 18.0 Å². The van der Waals surface area contributed by atoms with Crippen molar-refractivity contribution in [1.29, 1.82) is 0 Å². The number of anilines is 2. The summed E-state index contributed by atoms with van der Waals surface area (Å²) in [6.07, 6.45) is 1.82. The highest BCUT2D eigenvalue weighted by molar-refractivity contribution is 7.18. The number of amides is 1. The Kier molecular flexibility index (Phi) is 4.01. The molecule has 3 heterocycles. The Labute approximate surface area is 127 Å². The zero-order valence-electron chi connectivity index (χ0n) is 12.1. The van der Waals surface area contributed by atoms with Gasteiger partial charge in [0, 0.05) is 32.8 Å². The van der Waals surface area contributed by atoms with Gasteiger partial charge in [-0.25, -0.2) is 4.98 Å². The fourth-order valence-electron chi connectivity index (χ4n) is 2.72. The van der Waals surface area contributed by atoms with Crippen molar-refractivity contribution in [1.82, 2.24) is 9.88 Å². The van der Waals surface area contributed by atoms with Crippen molar-refractivity contribution in [2.45, 2.75) is 24.9 Å². The Morgan fingerprint density at radius 3 is 2.95 bits per heavy atom. The summed E-state index contributed by atoms with van der Waals surface area (Å²) in [6.45, 7) is 2.94. The summed E-state index contributed by atoms with van der Waals surface area (Å²) in [4.78, 5) is 21.2. The largest absolute Gasteiger partial charge is 0.382 e. The van der Waals surface area contributed by atoms with Crippen LogP contribution < -0.4 is 16.4 Å². The molecule has 2 aliphatic rings. The van der Waals surface area contributed by atoms with Crippen molar-refractivity contribution in [3.63, 3.8) is 0 Å². The molecule has 2 aliphatic heterocycles. The number of ether oxygens (including phenoxy) is 1. The van der Waals surface area contributed by atoms with E-state index in [1.54, 1.807) is 11.9 Å². The van der Waals surface area contributed by atoms with Crippen molar-refractivity contribution < 1.29 is 9.53 Å². The third-order valence-electron chi connectivity index (χ3n) is 4.11. The van der Waals surface area contributed by atoms with Gasteiger partial charge in [-0.05, 0) is 12.8 Å². The molecule has 2 fully saturated rings. The molecule has 2 unspecified atom stereocenters. The lowest BCUT2D eigenvalue weighted by Gasteiger charge is -2.22. The van der Waals surface area contributed by atoms with Gasteiger partial charge in [-0.3, -0.25) is 4.79 Å². The van der Waals surface area contributed by atoms with Gasteiger partial charge < -0.3 is 26.0 Å². The molecule has 1 aromatic heterocycles. The molecule has 4 N–H and O–H groups in total. The molecule has 0 spiro atoms. The van der Waals surface area contributed by atoms with E-state index in [2.05, 4.69) is 9.88 Å². The summed E-state index contributed by atoms with van der Waals surface area (Å²) in [5.74, 6) is 0.237. The van der Waals surface area contributed by atoms with E-state index in [0.29, 0.717) is 23.9 Å². The number of carbonyl (C=O) groups is 1. The van der Waals surface area contributed by atoms with E-state index in [9.17, 15) is 4.79 Å². The maximum Gasteiger partial charge on any atom is 0.267 e. The normalized spacial score (nSPS) is 25.5. The smallest absolute Gasteiger partial charge is 0.267 e. The van der Waals surface area contributed by atoms with E-state index in [1.165, 1.54) is 11.3 Å². The zero-order valence-corrected chi connectivity index (χ0v) is 12.9. The second-order valence-corrected chi connectivity index (χ2v) is 6.62. The molecule has 2 saturated heterocycles. The van der Waals surface area contributed by atoms with Gasteiger partial charge in [-0.1, -0.05) is 11.3 Å². The number of aromatic nitrogens is 1. The molecule has 1 amide bonds. The molecule has 0 radical (unpaired) electrons. The lowest BCUT2D eigenvalue weighted by atomic mass is 10.2. The van der Waals surface area contributed by atoms with Gasteiger partial charge in [0.1, 0.15) is 10.7 Å². The lowest BCUT2D eigenvalue weighted by molar-refractivity contribution is 0.0717. The predicted molar refractivity (Wildman–Crippen MR) is 82.6 cm³/mol. The molecule has 7 nitrogen and oxygen atoms in total. The molecule has 1 aromatic rings. The monoisotopic (exact) mass is 311 g/mol. The van der Waals surface area contributed by atoms with Crippen LogP contribution in [0.15, 0.2) is 0 Å². The average Bonchev–Trinajstić information content (AvgIpc) is 3.17. The zero-order chi connectivity index (χ0) is 15.0. The number of carbonyl (C=O) groups excluding carboxylic acids is 1. The minimum atomic E-state index is -0.0738. The molecule has 0 aliphatic carbocycles. The quantitative estimate of drug-likeness (QED) is 0.823. The molecular formula is C13H21N5O2S. The molecule has 0 saturated carbocycles. The van der Waals surface area contributed by atoms with E-state index in [0.717, 1.165) is 31.1 Å². The van der Waals surface area contributed by atoms with E-state index in [1.807, 2.05) is 0 Å². The fraction of sp³-hybridized carbons (Fsp3) is 0.692. The first-order valence-corrected chi connectivity index (χ1v) is 7.99. The summed E-state index contributed by atoms with van der Waals surface area (Å²) in [6, 6.07) is 0.301. The fourth-order valence-corrected chi connectivity index (χ4v) is 3.73. The highest BCUT2D eigenvalue weighted by Gasteiger charge is 2.29. The van der Waals surface area contributed by atoms with Crippen LogP contribution in [0.25, 0.3) is 0 Å². The van der Waals surface area contributed by atoms with Crippen molar-refractivity contribution in [2.24, 2.45) is 5.73 Å². The van der Waals surface area contributed by atoms with E-state index >= 15 is 0 Å². The van der Waals surface area contributed by atoms with Crippen molar-refractivity contribution in [3.05, 3.63) is 4.88 Å².